The van der Waals surface area contributed by atoms with Crippen LogP contribution in [0.5, 0.6) is 0 Å². The van der Waals surface area contributed by atoms with Gasteiger partial charge in [-0.05, 0) is 18.3 Å². The van der Waals surface area contributed by atoms with Gasteiger partial charge >= 0.3 is 0 Å². The minimum atomic E-state index is -0.422. The van der Waals surface area contributed by atoms with E-state index >= 15 is 0 Å². The van der Waals surface area contributed by atoms with Crippen LogP contribution in [0.25, 0.3) is 0 Å². The van der Waals surface area contributed by atoms with E-state index < -0.39 is 6.04 Å². The fourth-order valence-electron chi connectivity index (χ4n) is 1.58. The van der Waals surface area contributed by atoms with Crippen LogP contribution in [0.3, 0.4) is 0 Å². The minimum absolute atomic E-state index is 0.0926. The molecule has 1 aromatic rings. The summed E-state index contributed by atoms with van der Waals surface area (Å²) in [6, 6.07) is -0.422. The molecule has 0 aliphatic heterocycles. The van der Waals surface area contributed by atoms with Crippen molar-refractivity contribution in [2.45, 2.75) is 52.6 Å². The van der Waals surface area contributed by atoms with Gasteiger partial charge in [0.1, 0.15) is 5.01 Å². The maximum Gasteiger partial charge on any atom is 0.237 e. The van der Waals surface area contributed by atoms with Gasteiger partial charge in [0.25, 0.3) is 0 Å². The molecule has 18 heavy (non-hydrogen) atoms. The number of carbonyl (C=O) groups excluding carboxylic acids is 1. The summed E-state index contributed by atoms with van der Waals surface area (Å²) >= 11 is 1.58. The van der Waals surface area contributed by atoms with E-state index in [9.17, 15) is 4.79 Å². The molecule has 1 aromatic heterocycles. The summed E-state index contributed by atoms with van der Waals surface area (Å²) in [7, 11) is 0. The Labute approximate surface area is 113 Å². The van der Waals surface area contributed by atoms with E-state index in [1.165, 1.54) is 0 Å². The monoisotopic (exact) mass is 269 g/mol. The number of aromatic nitrogens is 1. The molecular weight excluding hydrogens is 246 g/mol. The molecule has 0 radical (unpaired) electrons. The molecule has 1 atom stereocenters. The number of nitrogens with two attached hydrogens (primary N) is 1. The summed E-state index contributed by atoms with van der Waals surface area (Å²) in [6.07, 6.45) is 0.709. The lowest BCUT2D eigenvalue weighted by atomic mass is 10.0. The van der Waals surface area contributed by atoms with Crippen LogP contribution < -0.4 is 11.1 Å². The third kappa shape index (κ3) is 4.74. The maximum absolute atomic E-state index is 11.7. The first-order valence-electron chi connectivity index (χ1n) is 6.37. The average molecular weight is 269 g/mol. The van der Waals surface area contributed by atoms with Gasteiger partial charge in [-0.3, -0.25) is 4.79 Å². The smallest absolute Gasteiger partial charge is 0.237 e. The molecule has 102 valence electrons. The highest BCUT2D eigenvalue weighted by Crippen LogP contribution is 2.17. The molecule has 5 heteroatoms. The van der Waals surface area contributed by atoms with Crippen LogP contribution in [0.15, 0.2) is 5.38 Å². The van der Waals surface area contributed by atoms with E-state index in [-0.39, 0.29) is 5.91 Å². The van der Waals surface area contributed by atoms with Crippen LogP contribution in [-0.4, -0.2) is 16.9 Å². The zero-order chi connectivity index (χ0) is 13.7. The predicted molar refractivity (Wildman–Crippen MR) is 75.5 cm³/mol. The fourth-order valence-corrected chi connectivity index (χ4v) is 2.48. The molecule has 0 unspecified atom stereocenters. The molecule has 0 saturated heterocycles. The van der Waals surface area contributed by atoms with E-state index in [0.717, 1.165) is 10.7 Å². The van der Waals surface area contributed by atoms with E-state index in [4.69, 9.17) is 5.73 Å². The van der Waals surface area contributed by atoms with E-state index in [2.05, 4.69) is 38.0 Å². The number of hydrogen-bond acceptors (Lipinski definition) is 4. The second-order valence-electron chi connectivity index (χ2n) is 5.27. The number of thiazole rings is 1. The molecule has 0 spiro atoms. The highest BCUT2D eigenvalue weighted by atomic mass is 32.1. The predicted octanol–water partition coefficient (Wildman–Crippen LogP) is 2.26. The number of rotatable bonds is 6. The largest absolute Gasteiger partial charge is 0.348 e. The summed E-state index contributed by atoms with van der Waals surface area (Å²) in [5.74, 6) is 0.761. The zero-order valence-electron chi connectivity index (χ0n) is 11.6. The Morgan fingerprint density at radius 2 is 2.11 bits per heavy atom. The van der Waals surface area contributed by atoms with Gasteiger partial charge < -0.3 is 11.1 Å². The Bertz CT molecular complexity index is 387. The van der Waals surface area contributed by atoms with Crippen LogP contribution >= 0.6 is 11.3 Å². The molecule has 1 amide bonds. The zero-order valence-corrected chi connectivity index (χ0v) is 12.4. The third-order valence-electron chi connectivity index (χ3n) is 2.64. The van der Waals surface area contributed by atoms with Gasteiger partial charge in [0, 0.05) is 5.38 Å². The topological polar surface area (TPSA) is 68.0 Å². The summed E-state index contributed by atoms with van der Waals surface area (Å²) in [6.45, 7) is 8.81. The molecule has 4 nitrogen and oxygen atoms in total. The third-order valence-corrected chi connectivity index (χ3v) is 3.50. The maximum atomic E-state index is 11.7. The summed E-state index contributed by atoms with van der Waals surface area (Å²) in [4.78, 5) is 16.2. The average Bonchev–Trinajstić information content (AvgIpc) is 2.73. The Hall–Kier alpha value is -0.940. The normalized spacial score (nSPS) is 13.1. The van der Waals surface area contributed by atoms with Crippen LogP contribution in [0.4, 0.5) is 0 Å². The summed E-state index contributed by atoms with van der Waals surface area (Å²) in [5.41, 5.74) is 6.89. The van der Waals surface area contributed by atoms with Crippen molar-refractivity contribution < 1.29 is 4.79 Å². The van der Waals surface area contributed by atoms with Gasteiger partial charge in [-0.15, -0.1) is 11.3 Å². The van der Waals surface area contributed by atoms with Crippen molar-refractivity contribution in [2.24, 2.45) is 11.7 Å². The van der Waals surface area contributed by atoms with Crippen molar-refractivity contribution in [3.63, 3.8) is 0 Å². The summed E-state index contributed by atoms with van der Waals surface area (Å²) < 4.78 is 0. The Kier molecular flexibility index (Phi) is 5.75. The molecule has 1 heterocycles. The first-order valence-corrected chi connectivity index (χ1v) is 7.25. The lowest BCUT2D eigenvalue weighted by Crippen LogP contribution is -2.41. The van der Waals surface area contributed by atoms with Crippen LogP contribution in [0, 0.1) is 5.92 Å². The van der Waals surface area contributed by atoms with Gasteiger partial charge in [0.2, 0.25) is 5.91 Å². The first-order chi connectivity index (χ1) is 8.40. The van der Waals surface area contributed by atoms with E-state index in [1.807, 2.05) is 5.38 Å². The quantitative estimate of drug-likeness (QED) is 0.832. The number of nitrogens with one attached hydrogen (secondary N) is 1. The van der Waals surface area contributed by atoms with Crippen LogP contribution in [-0.2, 0) is 11.3 Å². The highest BCUT2D eigenvalue weighted by molar-refractivity contribution is 7.09. The molecule has 0 aromatic carbocycles. The standard InChI is InChI=1S/C13H23N3OS/c1-8(2)5-10(14)13(17)15-6-12-16-11(7-18-12)9(3)4/h7-10H,5-6,14H2,1-4H3,(H,15,17)/t10-/m0/s1. The Morgan fingerprint density at radius 1 is 1.44 bits per heavy atom. The Balaban J connectivity index is 2.42. The molecule has 0 bridgehead atoms. The van der Waals surface area contributed by atoms with Gasteiger partial charge in [-0.2, -0.15) is 0 Å². The van der Waals surface area contributed by atoms with Gasteiger partial charge in [-0.25, -0.2) is 4.98 Å². The van der Waals surface area contributed by atoms with Crippen molar-refractivity contribution >= 4 is 17.2 Å². The molecule has 1 rings (SSSR count). The minimum Gasteiger partial charge on any atom is -0.348 e. The molecular formula is C13H23N3OS. The van der Waals surface area contributed by atoms with Gasteiger partial charge in [0.05, 0.1) is 18.3 Å². The van der Waals surface area contributed by atoms with Crippen molar-refractivity contribution in [3.05, 3.63) is 16.1 Å². The highest BCUT2D eigenvalue weighted by Gasteiger charge is 2.15. The number of hydrogen-bond donors (Lipinski definition) is 2. The number of carbonyl (C=O) groups is 1. The van der Waals surface area contributed by atoms with Crippen molar-refractivity contribution in [1.82, 2.24) is 10.3 Å². The second-order valence-corrected chi connectivity index (χ2v) is 6.22. The van der Waals surface area contributed by atoms with E-state index in [1.54, 1.807) is 11.3 Å². The molecule has 3 N–H and O–H groups in total. The Morgan fingerprint density at radius 3 is 2.61 bits per heavy atom. The van der Waals surface area contributed by atoms with Crippen molar-refractivity contribution in [3.8, 4) is 0 Å². The summed E-state index contributed by atoms with van der Waals surface area (Å²) in [5, 5.41) is 5.82. The second kappa shape index (κ2) is 6.85. The van der Waals surface area contributed by atoms with E-state index in [0.29, 0.717) is 24.8 Å². The molecule has 0 aliphatic rings. The molecule has 0 aliphatic carbocycles. The lowest BCUT2D eigenvalue weighted by Gasteiger charge is -2.13. The van der Waals surface area contributed by atoms with Gasteiger partial charge in [0.15, 0.2) is 0 Å². The van der Waals surface area contributed by atoms with Gasteiger partial charge in [-0.1, -0.05) is 27.7 Å². The van der Waals surface area contributed by atoms with Crippen molar-refractivity contribution in [1.29, 1.82) is 0 Å². The number of nitrogens with zero attached hydrogens (tertiary/aromatic N) is 1. The van der Waals surface area contributed by atoms with Crippen LogP contribution in [0.1, 0.15) is 50.7 Å². The molecule has 0 fully saturated rings. The lowest BCUT2D eigenvalue weighted by molar-refractivity contribution is -0.122. The first kappa shape index (κ1) is 15.1. The SMILES string of the molecule is CC(C)C[C@H](N)C(=O)NCc1nc(C(C)C)cs1. The number of amides is 1. The fraction of sp³-hybridized carbons (Fsp3) is 0.692. The van der Waals surface area contributed by atoms with Crippen molar-refractivity contribution in [2.75, 3.05) is 0 Å². The molecule has 0 saturated carbocycles. The van der Waals surface area contributed by atoms with Crippen LogP contribution in [0.2, 0.25) is 0 Å².